The number of aryl methyl sites for hydroxylation is 2. The maximum atomic E-state index is 11.9. The zero-order valence-corrected chi connectivity index (χ0v) is 31.3. The lowest BCUT2D eigenvalue weighted by atomic mass is 9.71. The molecule has 6 rings (SSSR count). The normalized spacial score (nSPS) is 13.1. The van der Waals surface area contributed by atoms with E-state index in [1.165, 1.54) is 0 Å². The van der Waals surface area contributed by atoms with Crippen molar-refractivity contribution in [3.8, 4) is 22.9 Å². The highest BCUT2D eigenvalue weighted by Gasteiger charge is 2.31. The minimum absolute atomic E-state index is 0.0914. The van der Waals surface area contributed by atoms with Crippen LogP contribution in [0.5, 0.6) is 11.5 Å². The molecule has 2 N–H and O–H groups in total. The molecule has 0 amide bonds. The van der Waals surface area contributed by atoms with E-state index in [0.717, 1.165) is 57.2 Å². The van der Waals surface area contributed by atoms with Gasteiger partial charge in [0.05, 0.1) is 0 Å². The third-order valence-electron chi connectivity index (χ3n) is 9.51. The molecule has 0 radical (unpaired) electrons. The first-order valence-electron chi connectivity index (χ1n) is 17.7. The third-order valence-corrected chi connectivity index (χ3v) is 9.51. The Hall–Kier alpha value is -4.72. The van der Waals surface area contributed by atoms with Crippen molar-refractivity contribution in [2.75, 3.05) is 0 Å². The van der Waals surface area contributed by atoms with E-state index in [-0.39, 0.29) is 33.2 Å². The largest absolute Gasteiger partial charge is 0.505 e. The molecule has 2 aromatic heterocycles. The summed E-state index contributed by atoms with van der Waals surface area (Å²) in [5, 5.41) is 42.7. The molecule has 50 heavy (non-hydrogen) atoms. The molecule has 2 heterocycles. The number of hydrogen-bond donors (Lipinski definition) is 2. The summed E-state index contributed by atoms with van der Waals surface area (Å²) in [6.07, 6.45) is 2.87. The molecule has 0 bridgehead atoms. The molecule has 8 heteroatoms. The quantitative estimate of drug-likeness (QED) is 0.159. The molecule has 0 atom stereocenters. The van der Waals surface area contributed by atoms with Gasteiger partial charge in [-0.2, -0.15) is 0 Å². The summed E-state index contributed by atoms with van der Waals surface area (Å²) in [7, 11) is 0. The molecule has 4 aromatic carbocycles. The Kier molecular flexibility index (Phi) is 8.82. The number of hydrogen-bond acceptors (Lipinski definition) is 6. The van der Waals surface area contributed by atoms with Crippen molar-refractivity contribution < 1.29 is 10.2 Å². The second-order valence-electron chi connectivity index (χ2n) is 17.7. The van der Waals surface area contributed by atoms with E-state index in [1.807, 2.05) is 60.7 Å². The first-order valence-corrected chi connectivity index (χ1v) is 17.7. The smallest absolute Gasteiger partial charge is 0.146 e. The molecule has 0 saturated heterocycles. The highest BCUT2D eigenvalue weighted by atomic mass is 16.3. The monoisotopic (exact) mass is 672 g/mol. The van der Waals surface area contributed by atoms with Gasteiger partial charge in [-0.1, -0.05) is 106 Å². The molecule has 0 aliphatic carbocycles. The molecule has 0 aliphatic rings. The molecule has 0 saturated carbocycles. The number of benzene rings is 4. The van der Waals surface area contributed by atoms with Crippen LogP contribution < -0.4 is 0 Å². The summed E-state index contributed by atoms with van der Waals surface area (Å²) in [4.78, 5) is 3.11. The van der Waals surface area contributed by atoms with Crippen LogP contribution in [0.1, 0.15) is 104 Å². The van der Waals surface area contributed by atoms with Crippen molar-refractivity contribution in [3.05, 3.63) is 95.1 Å². The summed E-state index contributed by atoms with van der Waals surface area (Å²) < 4.78 is 0. The zero-order chi connectivity index (χ0) is 36.2. The average molecular weight is 673 g/mol. The van der Waals surface area contributed by atoms with Gasteiger partial charge < -0.3 is 10.2 Å². The second kappa shape index (κ2) is 12.6. The Labute approximate surface area is 296 Å². The van der Waals surface area contributed by atoms with Crippen LogP contribution in [0.15, 0.2) is 72.8 Å². The Morgan fingerprint density at radius 3 is 1.06 bits per heavy atom. The third kappa shape index (κ3) is 7.40. The van der Waals surface area contributed by atoms with Crippen LogP contribution in [-0.4, -0.2) is 40.2 Å². The maximum absolute atomic E-state index is 11.9. The van der Waals surface area contributed by atoms with Crippen molar-refractivity contribution in [3.63, 3.8) is 0 Å². The number of nitrogens with zero attached hydrogens (tertiary/aromatic N) is 6. The van der Waals surface area contributed by atoms with E-state index < -0.39 is 0 Å². The predicted octanol–water partition coefficient (Wildman–Crippen LogP) is 9.78. The standard InChI is InChI=1S/C42H52N6O2/c1-39(2,3)25-41(7,8)29-21-27(37(49)35(23-29)47-43-31-15-11-12-16-32(31)44-47)19-20-28-22-30(42(9,10)26-40(4,5)6)24-36(38(28)50)48-45-33-17-13-14-18-34(33)46-48/h11-18,21-24,49-50H,19-20,25-26H2,1-10H3. The Morgan fingerprint density at radius 2 is 0.780 bits per heavy atom. The van der Waals surface area contributed by atoms with Crippen molar-refractivity contribution in [2.45, 2.75) is 106 Å². The van der Waals surface area contributed by atoms with Crippen LogP contribution in [0.2, 0.25) is 0 Å². The van der Waals surface area contributed by atoms with Crippen LogP contribution in [0.4, 0.5) is 0 Å². The minimum Gasteiger partial charge on any atom is -0.505 e. The lowest BCUT2D eigenvalue weighted by Crippen LogP contribution is -2.25. The van der Waals surface area contributed by atoms with Gasteiger partial charge in [0.2, 0.25) is 0 Å². The molecule has 0 unspecified atom stereocenters. The molecule has 6 aromatic rings. The van der Waals surface area contributed by atoms with E-state index in [1.54, 1.807) is 9.59 Å². The number of aromatic hydroxyl groups is 2. The molecular formula is C42H52N6O2. The first-order chi connectivity index (χ1) is 23.3. The summed E-state index contributed by atoms with van der Waals surface area (Å²) in [6, 6.07) is 23.8. The lowest BCUT2D eigenvalue weighted by Gasteiger charge is -2.34. The van der Waals surface area contributed by atoms with Crippen LogP contribution in [-0.2, 0) is 23.7 Å². The number of fused-ring (bicyclic) bond motifs is 2. The maximum Gasteiger partial charge on any atom is 0.146 e. The van der Waals surface area contributed by atoms with Crippen LogP contribution in [0.3, 0.4) is 0 Å². The summed E-state index contributed by atoms with van der Waals surface area (Å²) >= 11 is 0. The molecule has 0 aliphatic heterocycles. The topological polar surface area (TPSA) is 102 Å². The van der Waals surface area contributed by atoms with E-state index in [2.05, 4.69) is 81.4 Å². The summed E-state index contributed by atoms with van der Waals surface area (Å²) in [5.41, 5.74) is 7.73. The van der Waals surface area contributed by atoms with Crippen molar-refractivity contribution >= 4 is 22.1 Å². The Balaban J connectivity index is 1.46. The number of phenols is 2. The van der Waals surface area contributed by atoms with Gasteiger partial charge in [0.15, 0.2) is 0 Å². The van der Waals surface area contributed by atoms with E-state index in [4.69, 9.17) is 20.4 Å². The van der Waals surface area contributed by atoms with E-state index >= 15 is 0 Å². The Bertz CT molecular complexity index is 1950. The fraction of sp³-hybridized carbons (Fsp3) is 0.429. The zero-order valence-electron chi connectivity index (χ0n) is 31.3. The van der Waals surface area contributed by atoms with Gasteiger partial charge in [-0.25, -0.2) is 0 Å². The minimum atomic E-state index is -0.192. The fourth-order valence-corrected chi connectivity index (χ4v) is 7.88. The predicted molar refractivity (Wildman–Crippen MR) is 203 cm³/mol. The van der Waals surface area contributed by atoms with Crippen LogP contribution in [0.25, 0.3) is 33.4 Å². The van der Waals surface area contributed by atoms with Gasteiger partial charge in [0.25, 0.3) is 0 Å². The number of rotatable bonds is 9. The summed E-state index contributed by atoms with van der Waals surface area (Å²) in [5.74, 6) is 0.286. The summed E-state index contributed by atoms with van der Waals surface area (Å²) in [6.45, 7) is 22.5. The fourth-order valence-electron chi connectivity index (χ4n) is 7.88. The van der Waals surface area contributed by atoms with Crippen molar-refractivity contribution in [1.82, 2.24) is 30.0 Å². The SMILES string of the molecule is CC(C)(C)CC(C)(C)c1cc(CCc2cc(C(C)(C)CC(C)(C)C)cc(-n3nc4ccccc4n3)c2O)c(O)c(-n2nc3ccccc3n2)c1. The lowest BCUT2D eigenvalue weighted by molar-refractivity contribution is 0.283. The molecule has 0 fully saturated rings. The average Bonchev–Trinajstić information content (AvgIpc) is 3.63. The van der Waals surface area contributed by atoms with Gasteiger partial charge in [0.1, 0.15) is 44.9 Å². The van der Waals surface area contributed by atoms with Crippen molar-refractivity contribution in [1.29, 1.82) is 0 Å². The van der Waals surface area contributed by atoms with Gasteiger partial charge in [-0.05, 0) is 106 Å². The Morgan fingerprint density at radius 1 is 0.480 bits per heavy atom. The van der Waals surface area contributed by atoms with Crippen LogP contribution in [0, 0.1) is 10.8 Å². The second-order valence-corrected chi connectivity index (χ2v) is 17.7. The molecule has 8 nitrogen and oxygen atoms in total. The van der Waals surface area contributed by atoms with Crippen molar-refractivity contribution in [2.24, 2.45) is 10.8 Å². The highest BCUT2D eigenvalue weighted by Crippen LogP contribution is 2.42. The van der Waals surface area contributed by atoms with E-state index in [9.17, 15) is 10.2 Å². The van der Waals surface area contributed by atoms with Gasteiger partial charge >= 0.3 is 0 Å². The van der Waals surface area contributed by atoms with Crippen LogP contribution >= 0.6 is 0 Å². The first kappa shape index (κ1) is 35.1. The molecule has 262 valence electrons. The van der Waals surface area contributed by atoms with Gasteiger partial charge in [0, 0.05) is 0 Å². The number of phenolic OH excluding ortho intramolecular Hbond substituents is 2. The van der Waals surface area contributed by atoms with Gasteiger partial charge in [-0.15, -0.1) is 30.0 Å². The number of aromatic nitrogens is 6. The molecular weight excluding hydrogens is 621 g/mol. The highest BCUT2D eigenvalue weighted by molar-refractivity contribution is 5.74. The molecule has 0 spiro atoms. The van der Waals surface area contributed by atoms with Gasteiger partial charge in [-0.3, -0.25) is 0 Å². The van der Waals surface area contributed by atoms with E-state index in [0.29, 0.717) is 24.2 Å².